The number of benzene rings is 2. The van der Waals surface area contributed by atoms with Crippen LogP contribution < -0.4 is 16.0 Å². The number of nitrogens with two attached hydrogens (primary N) is 1. The topological polar surface area (TPSA) is 58.4 Å². The van der Waals surface area contributed by atoms with Gasteiger partial charge in [0.15, 0.2) is 0 Å². The molecule has 0 aromatic heterocycles. The van der Waals surface area contributed by atoms with Gasteiger partial charge in [-0.15, -0.1) is 0 Å². The van der Waals surface area contributed by atoms with Crippen LogP contribution in [0.4, 0.5) is 17.1 Å². The second-order valence-electron chi connectivity index (χ2n) is 6.85. The third kappa shape index (κ3) is 3.98. The lowest BCUT2D eigenvalue weighted by Crippen LogP contribution is -2.34. The number of rotatable bonds is 3. The third-order valence-electron chi connectivity index (χ3n) is 4.73. The summed E-state index contributed by atoms with van der Waals surface area (Å²) in [5.41, 5.74) is 10.3. The zero-order chi connectivity index (χ0) is 18.0. The van der Waals surface area contributed by atoms with Crippen molar-refractivity contribution >= 4 is 38.9 Å². The number of hydrogen-bond acceptors (Lipinski definition) is 3. The lowest BCUT2D eigenvalue weighted by molar-refractivity contribution is 0.102. The Bertz CT molecular complexity index is 791. The molecule has 0 radical (unpaired) electrons. The molecular formula is C20H24BrN3O. The molecule has 1 heterocycles. The molecule has 2 aromatic rings. The number of carbonyl (C=O) groups excluding carboxylic acids is 1. The molecular weight excluding hydrogens is 378 g/mol. The average Bonchev–Trinajstić information content (AvgIpc) is 2.57. The number of nitrogens with zero attached hydrogens (tertiary/aromatic N) is 1. The molecule has 0 spiro atoms. The summed E-state index contributed by atoms with van der Waals surface area (Å²) in [6.45, 7) is 6.45. The fraction of sp³-hybridized carbons (Fsp3) is 0.350. The smallest absolute Gasteiger partial charge is 0.256 e. The molecule has 1 unspecified atom stereocenters. The third-order valence-corrected chi connectivity index (χ3v) is 5.42. The minimum atomic E-state index is -0.166. The van der Waals surface area contributed by atoms with Gasteiger partial charge in [-0.3, -0.25) is 4.79 Å². The summed E-state index contributed by atoms with van der Waals surface area (Å²) >= 11 is 3.42. The van der Waals surface area contributed by atoms with Crippen molar-refractivity contribution in [2.45, 2.75) is 26.7 Å². The lowest BCUT2D eigenvalue weighted by Gasteiger charge is -2.34. The fourth-order valence-electron chi connectivity index (χ4n) is 3.41. The molecule has 0 bridgehead atoms. The maximum Gasteiger partial charge on any atom is 0.256 e. The van der Waals surface area contributed by atoms with Gasteiger partial charge in [-0.2, -0.15) is 0 Å². The van der Waals surface area contributed by atoms with Crippen LogP contribution in [0.3, 0.4) is 0 Å². The lowest BCUT2D eigenvalue weighted by atomic mass is 9.98. The normalized spacial score (nSPS) is 17.4. The summed E-state index contributed by atoms with van der Waals surface area (Å²) in [6, 6.07) is 11.3. The van der Waals surface area contributed by atoms with Crippen molar-refractivity contribution in [3.8, 4) is 0 Å². The highest BCUT2D eigenvalue weighted by atomic mass is 79.9. The molecule has 5 heteroatoms. The summed E-state index contributed by atoms with van der Waals surface area (Å²) in [5.74, 6) is 0.519. The van der Waals surface area contributed by atoms with Crippen molar-refractivity contribution in [1.82, 2.24) is 0 Å². The van der Waals surface area contributed by atoms with E-state index in [1.807, 2.05) is 30.3 Å². The minimum absolute atomic E-state index is 0.166. The highest BCUT2D eigenvalue weighted by Crippen LogP contribution is 2.33. The van der Waals surface area contributed by atoms with Crippen LogP contribution >= 0.6 is 15.9 Å². The Kier molecular flexibility index (Phi) is 5.33. The molecule has 1 saturated heterocycles. The van der Waals surface area contributed by atoms with Crippen LogP contribution in [-0.2, 0) is 0 Å². The average molecular weight is 402 g/mol. The molecule has 3 rings (SSSR count). The van der Waals surface area contributed by atoms with Gasteiger partial charge in [0.2, 0.25) is 0 Å². The molecule has 132 valence electrons. The molecule has 0 aliphatic carbocycles. The van der Waals surface area contributed by atoms with Crippen LogP contribution in [0, 0.1) is 12.8 Å². The predicted octanol–water partition coefficient (Wildman–Crippen LogP) is 4.83. The van der Waals surface area contributed by atoms with E-state index in [4.69, 9.17) is 5.73 Å². The standard InChI is InChI=1S/C20H24BrN3O/c1-13-6-5-9-24(12-13)19-11-18(17(22)10-14(19)2)23-20(25)15-7-3-4-8-16(15)21/h3-4,7-8,10-11,13H,5-6,9,12,22H2,1-2H3,(H,23,25). The van der Waals surface area contributed by atoms with E-state index in [0.29, 0.717) is 22.9 Å². The number of amides is 1. The maximum atomic E-state index is 12.6. The van der Waals surface area contributed by atoms with Gasteiger partial charge in [-0.1, -0.05) is 19.1 Å². The van der Waals surface area contributed by atoms with Gasteiger partial charge in [0, 0.05) is 23.2 Å². The van der Waals surface area contributed by atoms with Crippen LogP contribution in [0.15, 0.2) is 40.9 Å². The summed E-state index contributed by atoms with van der Waals surface area (Å²) in [4.78, 5) is 15.0. The second kappa shape index (κ2) is 7.48. The maximum absolute atomic E-state index is 12.6. The van der Waals surface area contributed by atoms with E-state index in [1.165, 1.54) is 12.8 Å². The molecule has 1 amide bonds. The SMILES string of the molecule is Cc1cc(N)c(NC(=O)c2ccccc2Br)cc1N1CCCC(C)C1. The van der Waals surface area contributed by atoms with Gasteiger partial charge in [-0.05, 0) is 71.4 Å². The molecule has 0 saturated carbocycles. The first-order chi connectivity index (χ1) is 12.0. The number of halogens is 1. The Morgan fingerprint density at radius 1 is 1.32 bits per heavy atom. The molecule has 1 aliphatic heterocycles. The zero-order valence-electron chi connectivity index (χ0n) is 14.7. The van der Waals surface area contributed by atoms with Gasteiger partial charge in [0.1, 0.15) is 0 Å². The largest absolute Gasteiger partial charge is 0.397 e. The first-order valence-corrected chi connectivity index (χ1v) is 9.46. The summed E-state index contributed by atoms with van der Waals surface area (Å²) < 4.78 is 0.767. The number of aryl methyl sites for hydroxylation is 1. The number of carbonyl (C=O) groups is 1. The van der Waals surface area contributed by atoms with Gasteiger partial charge < -0.3 is 16.0 Å². The van der Waals surface area contributed by atoms with Crippen molar-refractivity contribution in [2.75, 3.05) is 29.0 Å². The molecule has 25 heavy (non-hydrogen) atoms. The molecule has 1 atom stereocenters. The van der Waals surface area contributed by atoms with Gasteiger partial charge in [0.05, 0.1) is 16.9 Å². The van der Waals surface area contributed by atoms with E-state index in [-0.39, 0.29) is 5.91 Å². The van der Waals surface area contributed by atoms with E-state index < -0.39 is 0 Å². The Hall–Kier alpha value is -2.01. The summed E-state index contributed by atoms with van der Waals surface area (Å²) in [5, 5.41) is 2.96. The number of nitrogens with one attached hydrogen (secondary N) is 1. The number of piperidine rings is 1. The van der Waals surface area contributed by atoms with Crippen molar-refractivity contribution in [1.29, 1.82) is 0 Å². The molecule has 4 nitrogen and oxygen atoms in total. The Labute approximate surface area is 157 Å². The van der Waals surface area contributed by atoms with Gasteiger partial charge in [0.25, 0.3) is 5.91 Å². The highest BCUT2D eigenvalue weighted by molar-refractivity contribution is 9.10. The predicted molar refractivity (Wildman–Crippen MR) is 108 cm³/mol. The fourth-order valence-corrected chi connectivity index (χ4v) is 3.88. The number of hydrogen-bond donors (Lipinski definition) is 2. The van der Waals surface area contributed by atoms with Crippen molar-refractivity contribution in [3.63, 3.8) is 0 Å². The van der Waals surface area contributed by atoms with E-state index in [2.05, 4.69) is 40.0 Å². The Morgan fingerprint density at radius 2 is 2.08 bits per heavy atom. The summed E-state index contributed by atoms with van der Waals surface area (Å²) in [6.07, 6.45) is 2.47. The van der Waals surface area contributed by atoms with Crippen LogP contribution in [0.25, 0.3) is 0 Å². The molecule has 3 N–H and O–H groups in total. The van der Waals surface area contributed by atoms with E-state index in [9.17, 15) is 4.79 Å². The highest BCUT2D eigenvalue weighted by Gasteiger charge is 2.20. The molecule has 1 fully saturated rings. The monoisotopic (exact) mass is 401 g/mol. The van der Waals surface area contributed by atoms with Gasteiger partial charge >= 0.3 is 0 Å². The second-order valence-corrected chi connectivity index (χ2v) is 7.71. The molecule has 1 aliphatic rings. The first kappa shape index (κ1) is 17.8. The number of nitrogen functional groups attached to an aromatic ring is 1. The van der Waals surface area contributed by atoms with Crippen LogP contribution in [0.2, 0.25) is 0 Å². The quantitative estimate of drug-likeness (QED) is 0.724. The first-order valence-electron chi connectivity index (χ1n) is 8.66. The Morgan fingerprint density at radius 3 is 2.80 bits per heavy atom. The van der Waals surface area contributed by atoms with E-state index >= 15 is 0 Å². The Balaban J connectivity index is 1.88. The minimum Gasteiger partial charge on any atom is -0.397 e. The van der Waals surface area contributed by atoms with Crippen LogP contribution in [0.5, 0.6) is 0 Å². The summed E-state index contributed by atoms with van der Waals surface area (Å²) in [7, 11) is 0. The van der Waals surface area contributed by atoms with E-state index in [1.54, 1.807) is 6.07 Å². The zero-order valence-corrected chi connectivity index (χ0v) is 16.3. The van der Waals surface area contributed by atoms with Crippen LogP contribution in [-0.4, -0.2) is 19.0 Å². The van der Waals surface area contributed by atoms with Crippen molar-refractivity contribution in [2.24, 2.45) is 5.92 Å². The number of anilines is 3. The van der Waals surface area contributed by atoms with E-state index in [0.717, 1.165) is 28.8 Å². The van der Waals surface area contributed by atoms with Gasteiger partial charge in [-0.25, -0.2) is 0 Å². The van der Waals surface area contributed by atoms with Crippen molar-refractivity contribution in [3.05, 3.63) is 52.0 Å². The van der Waals surface area contributed by atoms with Crippen LogP contribution in [0.1, 0.15) is 35.7 Å². The molecule has 2 aromatic carbocycles. The van der Waals surface area contributed by atoms with Crippen molar-refractivity contribution < 1.29 is 4.79 Å².